The van der Waals surface area contributed by atoms with Crippen LogP contribution in [0.25, 0.3) is 0 Å². The molecule has 0 saturated heterocycles. The molecule has 2 saturated carbocycles. The lowest BCUT2D eigenvalue weighted by atomic mass is 9.86. The first-order chi connectivity index (χ1) is 21.2. The predicted molar refractivity (Wildman–Crippen MR) is 174 cm³/mol. The molecule has 0 heterocycles. The van der Waals surface area contributed by atoms with Gasteiger partial charge in [0.25, 0.3) is 0 Å². The van der Waals surface area contributed by atoms with E-state index in [1.54, 1.807) is 12.2 Å². The summed E-state index contributed by atoms with van der Waals surface area (Å²) < 4.78 is 17.9. The molecular weight excluding hydrogens is 552 g/mol. The van der Waals surface area contributed by atoms with Gasteiger partial charge in [-0.25, -0.2) is 0 Å². The van der Waals surface area contributed by atoms with Crippen LogP contribution in [0.2, 0.25) is 0 Å². The van der Waals surface area contributed by atoms with Gasteiger partial charge in [-0.05, 0) is 83.3 Å². The maximum Gasteiger partial charge on any atom is 0.309 e. The summed E-state index contributed by atoms with van der Waals surface area (Å²) in [6.07, 6.45) is 10.9. The topological polar surface area (TPSA) is 77.1 Å². The number of nitrogens with zero attached hydrogens (tertiary/aromatic N) is 1. The van der Waals surface area contributed by atoms with E-state index in [-0.39, 0.29) is 36.0 Å². The molecule has 0 aromatic heterocycles. The Bertz CT molecular complexity index is 1110. The van der Waals surface area contributed by atoms with Crippen LogP contribution in [-0.2, 0) is 36.9 Å². The largest absolute Gasteiger partial charge is 0.460 e. The molecule has 2 aromatic rings. The second-order valence-electron chi connectivity index (χ2n) is 13.3. The molecule has 0 unspecified atom stereocenters. The monoisotopic (exact) mass is 604 g/mol. The zero-order valence-electron chi connectivity index (χ0n) is 26.9. The molecule has 2 aliphatic rings. The highest BCUT2D eigenvalue weighted by atomic mass is 16.6. The summed E-state index contributed by atoms with van der Waals surface area (Å²) in [6, 6.07) is 21.3. The van der Waals surface area contributed by atoms with Crippen LogP contribution in [0, 0.1) is 5.92 Å². The Kier molecular flexibility index (Phi) is 13.5. The van der Waals surface area contributed by atoms with E-state index in [9.17, 15) is 9.59 Å². The average molecular weight is 605 g/mol. The van der Waals surface area contributed by atoms with Crippen LogP contribution >= 0.6 is 0 Å². The summed E-state index contributed by atoms with van der Waals surface area (Å²) in [4.78, 5) is 27.2. The Balaban J connectivity index is 1.08. The zero-order chi connectivity index (χ0) is 31.2. The number of nitrogens with one attached hydrogen (secondary N) is 1. The number of benzene rings is 2. The molecule has 2 aliphatic carbocycles. The van der Waals surface area contributed by atoms with Gasteiger partial charge in [0.2, 0.25) is 5.91 Å². The minimum absolute atomic E-state index is 0.0687. The van der Waals surface area contributed by atoms with Gasteiger partial charge < -0.3 is 19.5 Å². The van der Waals surface area contributed by atoms with E-state index in [2.05, 4.69) is 70.9 Å². The number of hydrogen-bond acceptors (Lipinski definition) is 6. The molecule has 2 aromatic carbocycles. The average Bonchev–Trinajstić information content (AvgIpc) is 3.00. The first-order valence-electron chi connectivity index (χ1n) is 16.5. The Hall–Kier alpha value is -3.00. The standard InChI is InChI=1S/C37H52N2O5/c1-37(2,3)44-36(41)31-16-18-32(19-17-31)38-35(40)15-10-25-42-33-20-22-34(23-21-33)43-26-24-39(27-29-11-6-4-7-12-29)28-30-13-8-5-9-14-30/h4-15,31-34H,16-28H2,1-3H3,(H,38,40)/b15-10+. The fraction of sp³-hybridized carbons (Fsp3) is 0.568. The highest BCUT2D eigenvalue weighted by molar-refractivity contribution is 5.87. The smallest absolute Gasteiger partial charge is 0.309 e. The van der Waals surface area contributed by atoms with Gasteiger partial charge in [0, 0.05) is 31.8 Å². The first kappa shape index (κ1) is 33.9. The summed E-state index contributed by atoms with van der Waals surface area (Å²) in [7, 11) is 0. The number of hydrogen-bond donors (Lipinski definition) is 1. The van der Waals surface area contributed by atoms with Crippen molar-refractivity contribution in [3.8, 4) is 0 Å². The molecule has 4 rings (SSSR count). The van der Waals surface area contributed by atoms with Crippen LogP contribution < -0.4 is 5.32 Å². The lowest BCUT2D eigenvalue weighted by molar-refractivity contribution is -0.161. The van der Waals surface area contributed by atoms with Crippen molar-refractivity contribution in [2.24, 2.45) is 5.92 Å². The third kappa shape index (κ3) is 12.5. The number of carbonyl (C=O) groups is 2. The molecule has 1 N–H and O–H groups in total. The molecule has 1 amide bonds. The summed E-state index contributed by atoms with van der Waals surface area (Å²) in [6.45, 7) is 9.52. The van der Waals surface area contributed by atoms with Crippen LogP contribution in [0.3, 0.4) is 0 Å². The van der Waals surface area contributed by atoms with Crippen molar-refractivity contribution in [1.82, 2.24) is 10.2 Å². The third-order valence-corrected chi connectivity index (χ3v) is 8.39. The Morgan fingerprint density at radius 1 is 0.795 bits per heavy atom. The molecule has 0 bridgehead atoms. The summed E-state index contributed by atoms with van der Waals surface area (Å²) in [5, 5.41) is 3.07. The fourth-order valence-corrected chi connectivity index (χ4v) is 6.07. The molecule has 0 aliphatic heterocycles. The summed E-state index contributed by atoms with van der Waals surface area (Å²) >= 11 is 0. The van der Waals surface area contributed by atoms with Crippen molar-refractivity contribution in [3.05, 3.63) is 83.9 Å². The van der Waals surface area contributed by atoms with E-state index in [0.29, 0.717) is 6.61 Å². The first-order valence-corrected chi connectivity index (χ1v) is 16.5. The van der Waals surface area contributed by atoms with Gasteiger partial charge in [-0.2, -0.15) is 0 Å². The molecule has 240 valence electrons. The fourth-order valence-electron chi connectivity index (χ4n) is 6.07. The SMILES string of the molecule is CC(C)(C)OC(=O)C1CCC(NC(=O)/C=C/COC2CCC(OCCN(Cc3ccccc3)Cc3ccccc3)CC2)CC1. The number of rotatable bonds is 14. The van der Waals surface area contributed by atoms with Crippen molar-refractivity contribution in [1.29, 1.82) is 0 Å². The van der Waals surface area contributed by atoms with E-state index in [4.69, 9.17) is 14.2 Å². The van der Waals surface area contributed by atoms with Crippen LogP contribution in [0.15, 0.2) is 72.8 Å². The second-order valence-corrected chi connectivity index (χ2v) is 13.3. The van der Waals surface area contributed by atoms with E-state index < -0.39 is 5.60 Å². The third-order valence-electron chi connectivity index (χ3n) is 8.39. The molecule has 44 heavy (non-hydrogen) atoms. The van der Waals surface area contributed by atoms with Gasteiger partial charge in [0.05, 0.1) is 31.3 Å². The molecule has 0 radical (unpaired) electrons. The van der Waals surface area contributed by atoms with Gasteiger partial charge in [-0.1, -0.05) is 66.7 Å². The van der Waals surface area contributed by atoms with Gasteiger partial charge >= 0.3 is 5.97 Å². The summed E-state index contributed by atoms with van der Waals surface area (Å²) in [5.74, 6) is -0.287. The van der Waals surface area contributed by atoms with Crippen LogP contribution in [0.5, 0.6) is 0 Å². The molecule has 2 fully saturated rings. The minimum Gasteiger partial charge on any atom is -0.460 e. The highest BCUT2D eigenvalue weighted by Gasteiger charge is 2.30. The van der Waals surface area contributed by atoms with Gasteiger partial charge in [-0.3, -0.25) is 14.5 Å². The second kappa shape index (κ2) is 17.5. The quantitative estimate of drug-likeness (QED) is 0.193. The number of amides is 1. The van der Waals surface area contributed by atoms with Crippen molar-refractivity contribution in [2.75, 3.05) is 19.8 Å². The Labute approximate surface area is 264 Å². The maximum atomic E-state index is 12.4. The van der Waals surface area contributed by atoms with Crippen LogP contribution in [-0.4, -0.2) is 60.4 Å². The normalized spacial score (nSPS) is 22.6. The van der Waals surface area contributed by atoms with Crippen molar-refractivity contribution < 1.29 is 23.8 Å². The van der Waals surface area contributed by atoms with E-state index in [1.165, 1.54) is 11.1 Å². The Morgan fingerprint density at radius 2 is 1.34 bits per heavy atom. The van der Waals surface area contributed by atoms with Gasteiger partial charge in [0.1, 0.15) is 5.60 Å². The maximum absolute atomic E-state index is 12.4. The van der Waals surface area contributed by atoms with Crippen molar-refractivity contribution >= 4 is 11.9 Å². The molecule has 0 spiro atoms. The predicted octanol–water partition coefficient (Wildman–Crippen LogP) is 6.61. The van der Waals surface area contributed by atoms with Crippen LogP contribution in [0.1, 0.15) is 83.3 Å². The van der Waals surface area contributed by atoms with Crippen LogP contribution in [0.4, 0.5) is 0 Å². The van der Waals surface area contributed by atoms with Crippen molar-refractivity contribution in [3.63, 3.8) is 0 Å². The Morgan fingerprint density at radius 3 is 1.89 bits per heavy atom. The van der Waals surface area contributed by atoms with Crippen molar-refractivity contribution in [2.45, 2.75) is 109 Å². The molecule has 7 nitrogen and oxygen atoms in total. The lowest BCUT2D eigenvalue weighted by Gasteiger charge is -2.30. The van der Waals surface area contributed by atoms with E-state index in [1.807, 2.05) is 20.8 Å². The minimum atomic E-state index is -0.462. The number of carbonyl (C=O) groups excluding carboxylic acids is 2. The molecule has 0 atom stereocenters. The highest BCUT2D eigenvalue weighted by Crippen LogP contribution is 2.27. The lowest BCUT2D eigenvalue weighted by Crippen LogP contribution is -2.39. The number of esters is 1. The molecular formula is C37H52N2O5. The molecule has 7 heteroatoms. The van der Waals surface area contributed by atoms with Gasteiger partial charge in [0.15, 0.2) is 0 Å². The van der Waals surface area contributed by atoms with Gasteiger partial charge in [-0.15, -0.1) is 0 Å². The number of ether oxygens (including phenoxy) is 3. The van der Waals surface area contributed by atoms with E-state index >= 15 is 0 Å². The van der Waals surface area contributed by atoms with E-state index in [0.717, 1.165) is 77.6 Å². The summed E-state index contributed by atoms with van der Waals surface area (Å²) in [5.41, 5.74) is 2.17. The zero-order valence-corrected chi connectivity index (χ0v) is 26.9.